The minimum Gasteiger partial charge on any atom is -0.481 e. The lowest BCUT2D eigenvalue weighted by atomic mass is 10.0. The number of carbonyl (C=O) groups excluding carboxylic acids is 1. The Bertz CT molecular complexity index is 482. The van der Waals surface area contributed by atoms with Crippen LogP contribution in [-0.2, 0) is 11.3 Å². The van der Waals surface area contributed by atoms with Crippen molar-refractivity contribution in [2.45, 2.75) is 26.3 Å². The van der Waals surface area contributed by atoms with Crippen LogP contribution in [0.25, 0.3) is 0 Å². The Hall–Kier alpha value is -1.83. The molecule has 0 saturated carbocycles. The number of hydrogen-bond donors (Lipinski definition) is 4. The minimum atomic E-state index is -0.870. The maximum atomic E-state index is 11.5. The van der Waals surface area contributed by atoms with Crippen LogP contribution in [0.15, 0.2) is 10.2 Å². The molecule has 0 bridgehead atoms. The lowest BCUT2D eigenvalue weighted by Crippen LogP contribution is -2.38. The SMILES string of the molecule is CCC(CNC(=O)NCc1csc(=O)[nH]1)CC(=O)O. The Morgan fingerprint density at radius 1 is 1.47 bits per heavy atom. The zero-order valence-electron chi connectivity index (χ0n) is 10.6. The maximum Gasteiger partial charge on any atom is 0.315 e. The minimum absolute atomic E-state index is 0.0363. The molecule has 0 radical (unpaired) electrons. The van der Waals surface area contributed by atoms with Gasteiger partial charge in [-0.2, -0.15) is 0 Å². The second-order valence-electron chi connectivity index (χ2n) is 4.11. The van der Waals surface area contributed by atoms with Gasteiger partial charge in [-0.25, -0.2) is 4.79 Å². The first-order valence-electron chi connectivity index (χ1n) is 5.91. The molecular weight excluding hydrogens is 270 g/mol. The Labute approximate surface area is 114 Å². The summed E-state index contributed by atoms with van der Waals surface area (Å²) in [6.07, 6.45) is 0.721. The van der Waals surface area contributed by atoms with E-state index >= 15 is 0 Å². The van der Waals surface area contributed by atoms with Crippen molar-refractivity contribution in [3.05, 3.63) is 20.7 Å². The maximum absolute atomic E-state index is 11.5. The van der Waals surface area contributed by atoms with Crippen LogP contribution in [0.1, 0.15) is 25.5 Å². The first-order chi connectivity index (χ1) is 9.01. The van der Waals surface area contributed by atoms with Gasteiger partial charge in [-0.05, 0) is 5.92 Å². The molecule has 1 aromatic heterocycles. The molecule has 1 unspecified atom stereocenters. The zero-order chi connectivity index (χ0) is 14.3. The second-order valence-corrected chi connectivity index (χ2v) is 4.95. The predicted molar refractivity (Wildman–Crippen MR) is 71.2 cm³/mol. The number of carboxylic acids is 1. The normalized spacial score (nSPS) is 11.8. The smallest absolute Gasteiger partial charge is 0.315 e. The van der Waals surface area contributed by atoms with Gasteiger partial charge in [0.15, 0.2) is 0 Å². The standard InChI is InChI=1S/C11H17N3O4S/c1-2-7(3-9(15)16)4-12-10(17)13-5-8-6-19-11(18)14-8/h6-7H,2-5H2,1H3,(H,14,18)(H,15,16)(H2,12,13,17). The van der Waals surface area contributed by atoms with Crippen LogP contribution in [0.2, 0.25) is 0 Å². The van der Waals surface area contributed by atoms with Gasteiger partial charge in [0.1, 0.15) is 0 Å². The predicted octanol–water partition coefficient (Wildman–Crippen LogP) is 0.736. The van der Waals surface area contributed by atoms with E-state index in [2.05, 4.69) is 15.6 Å². The van der Waals surface area contributed by atoms with E-state index in [4.69, 9.17) is 5.11 Å². The number of H-pyrrole nitrogens is 1. The summed E-state index contributed by atoms with van der Waals surface area (Å²) in [7, 11) is 0. The molecule has 0 aliphatic heterocycles. The fourth-order valence-electron chi connectivity index (χ4n) is 1.48. The summed E-state index contributed by atoms with van der Waals surface area (Å²) in [5.41, 5.74) is 0.641. The summed E-state index contributed by atoms with van der Waals surface area (Å²) >= 11 is 1.04. The topological polar surface area (TPSA) is 111 Å². The number of amides is 2. The number of rotatable bonds is 7. The zero-order valence-corrected chi connectivity index (χ0v) is 11.4. The van der Waals surface area contributed by atoms with Crippen molar-refractivity contribution in [2.75, 3.05) is 6.54 Å². The fraction of sp³-hybridized carbons (Fsp3) is 0.545. The van der Waals surface area contributed by atoms with E-state index in [-0.39, 0.29) is 29.8 Å². The van der Waals surface area contributed by atoms with Gasteiger partial charge in [0.25, 0.3) is 0 Å². The third kappa shape index (κ3) is 6.05. The molecule has 1 rings (SSSR count). The summed E-state index contributed by atoms with van der Waals surface area (Å²) in [4.78, 5) is 35.3. The van der Waals surface area contributed by atoms with Gasteiger partial charge in [-0.3, -0.25) is 9.59 Å². The summed E-state index contributed by atoms with van der Waals surface area (Å²) in [5.74, 6) is -0.950. The van der Waals surface area contributed by atoms with Gasteiger partial charge in [-0.1, -0.05) is 24.7 Å². The number of aliphatic carboxylic acids is 1. The highest BCUT2D eigenvalue weighted by Gasteiger charge is 2.12. The molecule has 0 fully saturated rings. The fourth-order valence-corrected chi connectivity index (χ4v) is 2.06. The van der Waals surface area contributed by atoms with E-state index in [9.17, 15) is 14.4 Å². The molecule has 0 aliphatic rings. The summed E-state index contributed by atoms with van der Waals surface area (Å²) in [6, 6.07) is -0.379. The monoisotopic (exact) mass is 287 g/mol. The van der Waals surface area contributed by atoms with Gasteiger partial charge < -0.3 is 20.7 Å². The first kappa shape index (κ1) is 15.2. The molecule has 19 heavy (non-hydrogen) atoms. The number of urea groups is 1. The second kappa shape index (κ2) is 7.57. The van der Waals surface area contributed by atoms with Gasteiger partial charge in [-0.15, -0.1) is 0 Å². The number of aromatic amines is 1. The average molecular weight is 287 g/mol. The van der Waals surface area contributed by atoms with Crippen LogP contribution in [0, 0.1) is 5.92 Å². The van der Waals surface area contributed by atoms with Crippen LogP contribution in [0.5, 0.6) is 0 Å². The summed E-state index contributed by atoms with van der Waals surface area (Å²) in [5, 5.41) is 15.5. The molecule has 0 saturated heterocycles. The van der Waals surface area contributed by atoms with E-state index in [0.717, 1.165) is 11.3 Å². The van der Waals surface area contributed by atoms with Crippen molar-refractivity contribution in [2.24, 2.45) is 5.92 Å². The number of carboxylic acid groups (broad SMARTS) is 1. The van der Waals surface area contributed by atoms with Crippen LogP contribution >= 0.6 is 11.3 Å². The van der Waals surface area contributed by atoms with Crippen LogP contribution in [0.4, 0.5) is 4.79 Å². The van der Waals surface area contributed by atoms with Crippen molar-refractivity contribution in [1.82, 2.24) is 15.6 Å². The molecule has 1 atom stereocenters. The van der Waals surface area contributed by atoms with Crippen molar-refractivity contribution in [3.63, 3.8) is 0 Å². The molecule has 2 amide bonds. The van der Waals surface area contributed by atoms with Crippen molar-refractivity contribution < 1.29 is 14.7 Å². The Morgan fingerprint density at radius 3 is 2.74 bits per heavy atom. The van der Waals surface area contributed by atoms with Crippen LogP contribution < -0.4 is 15.5 Å². The van der Waals surface area contributed by atoms with Gasteiger partial charge in [0.05, 0.1) is 6.54 Å². The molecule has 4 N–H and O–H groups in total. The van der Waals surface area contributed by atoms with Crippen molar-refractivity contribution >= 4 is 23.3 Å². The van der Waals surface area contributed by atoms with E-state index in [1.54, 1.807) is 5.38 Å². The van der Waals surface area contributed by atoms with Gasteiger partial charge >= 0.3 is 16.9 Å². The summed E-state index contributed by atoms with van der Waals surface area (Å²) in [6.45, 7) is 2.43. The number of thiazole rings is 1. The Balaban J connectivity index is 2.27. The molecule has 1 aromatic rings. The van der Waals surface area contributed by atoms with E-state index in [1.165, 1.54) is 0 Å². The highest BCUT2D eigenvalue weighted by Crippen LogP contribution is 2.06. The lowest BCUT2D eigenvalue weighted by molar-refractivity contribution is -0.138. The molecule has 0 spiro atoms. The van der Waals surface area contributed by atoms with Gasteiger partial charge in [0, 0.05) is 24.0 Å². The van der Waals surface area contributed by atoms with Crippen molar-refractivity contribution in [3.8, 4) is 0 Å². The number of hydrogen-bond acceptors (Lipinski definition) is 4. The third-order valence-corrected chi connectivity index (χ3v) is 3.32. The molecular formula is C11H17N3O4S. The Morgan fingerprint density at radius 2 is 2.21 bits per heavy atom. The lowest BCUT2D eigenvalue weighted by Gasteiger charge is -2.13. The highest BCUT2D eigenvalue weighted by molar-refractivity contribution is 7.07. The van der Waals surface area contributed by atoms with Crippen LogP contribution in [-0.4, -0.2) is 28.6 Å². The van der Waals surface area contributed by atoms with E-state index in [1.807, 2.05) is 6.92 Å². The third-order valence-electron chi connectivity index (χ3n) is 2.60. The largest absolute Gasteiger partial charge is 0.481 e. The Kier molecular flexibility index (Phi) is 6.07. The molecule has 8 heteroatoms. The quantitative estimate of drug-likeness (QED) is 0.592. The molecule has 0 aromatic carbocycles. The first-order valence-corrected chi connectivity index (χ1v) is 6.79. The van der Waals surface area contributed by atoms with Crippen LogP contribution in [0.3, 0.4) is 0 Å². The number of nitrogens with one attached hydrogen (secondary N) is 3. The number of aromatic nitrogens is 1. The number of carbonyl (C=O) groups is 2. The van der Waals surface area contributed by atoms with E-state index in [0.29, 0.717) is 18.7 Å². The highest BCUT2D eigenvalue weighted by atomic mass is 32.1. The summed E-state index contributed by atoms with van der Waals surface area (Å²) < 4.78 is 0. The van der Waals surface area contributed by atoms with Gasteiger partial charge in [0.2, 0.25) is 0 Å². The van der Waals surface area contributed by atoms with E-state index < -0.39 is 5.97 Å². The van der Waals surface area contributed by atoms with Crippen molar-refractivity contribution in [1.29, 1.82) is 0 Å². The molecule has 7 nitrogen and oxygen atoms in total. The molecule has 0 aliphatic carbocycles. The molecule has 106 valence electrons. The average Bonchev–Trinajstić information content (AvgIpc) is 2.77. The molecule has 1 heterocycles.